The number of nitrogens with one attached hydrogen (secondary N) is 1. The molecule has 1 aliphatic rings. The van der Waals surface area contributed by atoms with Crippen LogP contribution in [0.3, 0.4) is 0 Å². The maximum atomic E-state index is 12.6. The molecule has 176 valence electrons. The van der Waals surface area contributed by atoms with Crippen molar-refractivity contribution in [3.05, 3.63) is 59.7 Å². The normalized spacial score (nSPS) is 13.5. The number of carbonyl (C=O) groups is 3. The van der Waals surface area contributed by atoms with E-state index in [0.717, 1.165) is 22.3 Å². The largest absolute Gasteiger partial charge is 0.458 e. The molecule has 7 heteroatoms. The van der Waals surface area contributed by atoms with Crippen molar-refractivity contribution in [3.63, 3.8) is 0 Å². The van der Waals surface area contributed by atoms with E-state index in [4.69, 9.17) is 9.47 Å². The molecule has 2 aromatic rings. The van der Waals surface area contributed by atoms with Gasteiger partial charge in [-0.3, -0.25) is 4.79 Å². The lowest BCUT2D eigenvalue weighted by Crippen LogP contribution is -2.45. The first-order valence-electron chi connectivity index (χ1n) is 11.1. The molecule has 1 N–H and O–H groups in total. The third-order valence-corrected chi connectivity index (χ3v) is 5.47. The van der Waals surface area contributed by atoms with Crippen molar-refractivity contribution in [1.82, 2.24) is 10.2 Å². The SMILES string of the molecule is CN(C)C(=O)CCC(NC(=O)OCC1c2ccccc2-c2ccccc21)C(=O)OC(C)(C)C. The number of carbonyl (C=O) groups excluding carboxylic acids is 3. The molecule has 0 heterocycles. The van der Waals surface area contributed by atoms with E-state index in [1.54, 1.807) is 34.9 Å². The van der Waals surface area contributed by atoms with Gasteiger partial charge in [-0.2, -0.15) is 0 Å². The maximum Gasteiger partial charge on any atom is 0.407 e. The second-order valence-corrected chi connectivity index (χ2v) is 9.38. The molecule has 0 bridgehead atoms. The average molecular weight is 453 g/mol. The summed E-state index contributed by atoms with van der Waals surface area (Å²) in [7, 11) is 3.29. The van der Waals surface area contributed by atoms with E-state index in [-0.39, 0.29) is 31.3 Å². The van der Waals surface area contributed by atoms with Crippen LogP contribution in [0.2, 0.25) is 0 Å². The van der Waals surface area contributed by atoms with Crippen LogP contribution >= 0.6 is 0 Å². The van der Waals surface area contributed by atoms with Gasteiger partial charge in [0, 0.05) is 26.4 Å². The lowest BCUT2D eigenvalue weighted by atomic mass is 9.98. The Kier molecular flexibility index (Phi) is 7.41. The number of ether oxygens (including phenoxy) is 2. The Morgan fingerprint density at radius 2 is 1.52 bits per heavy atom. The van der Waals surface area contributed by atoms with E-state index in [2.05, 4.69) is 17.4 Å². The van der Waals surface area contributed by atoms with Gasteiger partial charge in [-0.1, -0.05) is 48.5 Å². The minimum atomic E-state index is -0.983. The van der Waals surface area contributed by atoms with Crippen molar-refractivity contribution < 1.29 is 23.9 Å². The first-order chi connectivity index (χ1) is 15.6. The molecule has 0 saturated heterocycles. The highest BCUT2D eigenvalue weighted by atomic mass is 16.6. The first-order valence-corrected chi connectivity index (χ1v) is 11.1. The Morgan fingerprint density at radius 1 is 0.970 bits per heavy atom. The van der Waals surface area contributed by atoms with Crippen molar-refractivity contribution in [1.29, 1.82) is 0 Å². The fourth-order valence-electron chi connectivity index (χ4n) is 3.90. The molecular formula is C26H32N2O5. The van der Waals surface area contributed by atoms with E-state index in [1.807, 2.05) is 36.4 Å². The quantitative estimate of drug-likeness (QED) is 0.639. The number of hydrogen-bond donors (Lipinski definition) is 1. The third kappa shape index (κ3) is 6.12. The van der Waals surface area contributed by atoms with E-state index in [0.29, 0.717) is 0 Å². The highest BCUT2D eigenvalue weighted by Gasteiger charge is 2.31. The van der Waals surface area contributed by atoms with Crippen LogP contribution in [0.4, 0.5) is 4.79 Å². The van der Waals surface area contributed by atoms with Gasteiger partial charge in [0.1, 0.15) is 18.2 Å². The molecule has 0 aromatic heterocycles. The zero-order chi connectivity index (χ0) is 24.2. The minimum Gasteiger partial charge on any atom is -0.458 e. The topological polar surface area (TPSA) is 84.9 Å². The molecule has 3 rings (SSSR count). The summed E-state index contributed by atoms with van der Waals surface area (Å²) in [5.41, 5.74) is 3.76. The van der Waals surface area contributed by atoms with Gasteiger partial charge < -0.3 is 19.7 Å². The Balaban J connectivity index is 1.67. The molecule has 2 aromatic carbocycles. The molecule has 1 unspecified atom stereocenters. The van der Waals surface area contributed by atoms with Crippen LogP contribution < -0.4 is 5.32 Å². The molecule has 0 fully saturated rings. The van der Waals surface area contributed by atoms with Crippen molar-refractivity contribution in [2.45, 2.75) is 51.2 Å². The number of nitrogens with zero attached hydrogens (tertiary/aromatic N) is 1. The molecule has 0 saturated carbocycles. The highest BCUT2D eigenvalue weighted by Crippen LogP contribution is 2.44. The average Bonchev–Trinajstić information content (AvgIpc) is 3.07. The maximum absolute atomic E-state index is 12.6. The summed E-state index contributed by atoms with van der Waals surface area (Å²) in [5.74, 6) is -0.820. The summed E-state index contributed by atoms with van der Waals surface area (Å²) in [6, 6.07) is 15.1. The van der Waals surface area contributed by atoms with E-state index < -0.39 is 23.7 Å². The van der Waals surface area contributed by atoms with Gasteiger partial charge in [0.05, 0.1) is 0 Å². The number of esters is 1. The minimum absolute atomic E-state index is 0.0848. The zero-order valence-corrected chi connectivity index (χ0v) is 19.9. The molecule has 0 aliphatic heterocycles. The van der Waals surface area contributed by atoms with Gasteiger partial charge in [-0.15, -0.1) is 0 Å². The number of alkyl carbamates (subject to hydrolysis) is 1. The van der Waals surface area contributed by atoms with Crippen LogP contribution in [0, 0.1) is 0 Å². The van der Waals surface area contributed by atoms with Crippen LogP contribution in [0.25, 0.3) is 11.1 Å². The van der Waals surface area contributed by atoms with Gasteiger partial charge >= 0.3 is 12.1 Å². The summed E-state index contributed by atoms with van der Waals surface area (Å²) in [5, 5.41) is 2.60. The summed E-state index contributed by atoms with van der Waals surface area (Å²) in [6.07, 6.45) is -0.499. The van der Waals surface area contributed by atoms with Crippen molar-refractivity contribution in [2.24, 2.45) is 0 Å². The molecule has 33 heavy (non-hydrogen) atoms. The van der Waals surface area contributed by atoms with Crippen LogP contribution in [0.5, 0.6) is 0 Å². The number of rotatable bonds is 7. The Labute approximate surface area is 195 Å². The van der Waals surface area contributed by atoms with Crippen LogP contribution in [-0.2, 0) is 19.1 Å². The number of fused-ring (bicyclic) bond motifs is 3. The van der Waals surface area contributed by atoms with E-state index >= 15 is 0 Å². The molecule has 0 radical (unpaired) electrons. The lowest BCUT2D eigenvalue weighted by molar-refractivity contribution is -0.157. The van der Waals surface area contributed by atoms with Gasteiger partial charge in [-0.25, -0.2) is 9.59 Å². The van der Waals surface area contributed by atoms with Crippen molar-refractivity contribution in [3.8, 4) is 11.1 Å². The molecule has 1 aliphatic carbocycles. The second-order valence-electron chi connectivity index (χ2n) is 9.38. The number of hydrogen-bond acceptors (Lipinski definition) is 5. The smallest absolute Gasteiger partial charge is 0.407 e. The monoisotopic (exact) mass is 452 g/mol. The summed E-state index contributed by atoms with van der Waals surface area (Å²) in [4.78, 5) is 38.7. The van der Waals surface area contributed by atoms with E-state index in [1.165, 1.54) is 4.90 Å². The molecule has 0 spiro atoms. The predicted molar refractivity (Wildman–Crippen MR) is 126 cm³/mol. The van der Waals surface area contributed by atoms with Gasteiger partial charge in [0.2, 0.25) is 5.91 Å². The van der Waals surface area contributed by atoms with Gasteiger partial charge in [0.15, 0.2) is 0 Å². The lowest BCUT2D eigenvalue weighted by Gasteiger charge is -2.25. The Morgan fingerprint density at radius 3 is 2.03 bits per heavy atom. The van der Waals surface area contributed by atoms with Gasteiger partial charge in [-0.05, 0) is 49.4 Å². The fourth-order valence-corrected chi connectivity index (χ4v) is 3.90. The van der Waals surface area contributed by atoms with Crippen LogP contribution in [0.15, 0.2) is 48.5 Å². The second kappa shape index (κ2) is 10.1. The van der Waals surface area contributed by atoms with Crippen molar-refractivity contribution in [2.75, 3.05) is 20.7 Å². The molecule has 2 amide bonds. The van der Waals surface area contributed by atoms with Crippen molar-refractivity contribution >= 4 is 18.0 Å². The summed E-state index contributed by atoms with van der Waals surface area (Å²) in [6.45, 7) is 5.39. The third-order valence-electron chi connectivity index (χ3n) is 5.47. The predicted octanol–water partition coefficient (Wildman–Crippen LogP) is 4.10. The molecular weight excluding hydrogens is 420 g/mol. The van der Waals surface area contributed by atoms with Crippen LogP contribution in [-0.4, -0.2) is 55.2 Å². The number of benzene rings is 2. The first kappa shape index (κ1) is 24.3. The van der Waals surface area contributed by atoms with Gasteiger partial charge in [0.25, 0.3) is 0 Å². The standard InChI is InChI=1S/C26H32N2O5/c1-26(2,3)33-24(30)22(14-15-23(29)28(4)5)27-25(31)32-16-21-19-12-8-6-10-17(19)18-11-7-9-13-20(18)21/h6-13,21-22H,14-16H2,1-5H3,(H,27,31). The molecule has 1 atom stereocenters. The summed E-state index contributed by atoms with van der Waals surface area (Å²) < 4.78 is 11.0. The number of amides is 2. The van der Waals surface area contributed by atoms with E-state index in [9.17, 15) is 14.4 Å². The highest BCUT2D eigenvalue weighted by molar-refractivity contribution is 5.83. The molecule has 7 nitrogen and oxygen atoms in total. The summed E-state index contributed by atoms with van der Waals surface area (Å²) >= 11 is 0. The fraction of sp³-hybridized carbons (Fsp3) is 0.423. The van der Waals surface area contributed by atoms with Crippen LogP contribution in [0.1, 0.15) is 50.7 Å². The Bertz CT molecular complexity index is 980. The Hall–Kier alpha value is -3.35. The zero-order valence-electron chi connectivity index (χ0n) is 19.9.